The van der Waals surface area contributed by atoms with Crippen molar-refractivity contribution in [2.75, 3.05) is 6.54 Å². The maximum Gasteiger partial charge on any atom is 0.304 e. The lowest BCUT2D eigenvalue weighted by Crippen LogP contribution is -2.24. The molecule has 7 nitrogen and oxygen atoms in total. The molecule has 8 heteroatoms. The minimum atomic E-state index is -1.06. The van der Waals surface area contributed by atoms with E-state index in [0.29, 0.717) is 25.8 Å². The lowest BCUT2D eigenvalue weighted by atomic mass is 10.1. The summed E-state index contributed by atoms with van der Waals surface area (Å²) in [5.74, 6) is -2.45. The molecule has 2 N–H and O–H groups in total. The van der Waals surface area contributed by atoms with E-state index in [1.54, 1.807) is 0 Å². The first-order chi connectivity index (χ1) is 9.91. The van der Waals surface area contributed by atoms with Crippen molar-refractivity contribution in [1.82, 2.24) is 5.32 Å². The summed E-state index contributed by atoms with van der Waals surface area (Å²) < 4.78 is 13.3. The Kier molecular flexibility index (Phi) is 6.25. The number of nitrogens with zero attached hydrogens (tertiary/aromatic N) is 1. The van der Waals surface area contributed by atoms with E-state index in [1.165, 1.54) is 6.07 Å². The van der Waals surface area contributed by atoms with Gasteiger partial charge in [0.25, 0.3) is 5.91 Å². The number of carboxylic acid groups (broad SMARTS) is 1. The van der Waals surface area contributed by atoms with Crippen LogP contribution in [0.5, 0.6) is 0 Å². The molecule has 0 saturated carbocycles. The summed E-state index contributed by atoms with van der Waals surface area (Å²) >= 11 is 0. The third-order valence-electron chi connectivity index (χ3n) is 2.76. The van der Waals surface area contributed by atoms with Crippen LogP contribution in [0.25, 0.3) is 0 Å². The van der Waals surface area contributed by atoms with Gasteiger partial charge < -0.3 is 10.4 Å². The number of hydrogen-bond acceptors (Lipinski definition) is 4. The highest BCUT2D eigenvalue weighted by Gasteiger charge is 2.16. The Morgan fingerprint density at radius 1 is 1.29 bits per heavy atom. The van der Waals surface area contributed by atoms with Gasteiger partial charge in [0.2, 0.25) is 5.82 Å². The maximum absolute atomic E-state index is 13.3. The first kappa shape index (κ1) is 16.5. The summed E-state index contributed by atoms with van der Waals surface area (Å²) in [6, 6.07) is 2.94. The van der Waals surface area contributed by atoms with Crippen molar-refractivity contribution in [3.05, 3.63) is 39.7 Å². The molecule has 0 spiro atoms. The predicted molar refractivity (Wildman–Crippen MR) is 71.5 cm³/mol. The van der Waals surface area contributed by atoms with Gasteiger partial charge in [-0.2, -0.15) is 4.39 Å². The Morgan fingerprint density at radius 2 is 2.00 bits per heavy atom. The van der Waals surface area contributed by atoms with Crippen molar-refractivity contribution in [2.45, 2.75) is 25.7 Å². The summed E-state index contributed by atoms with van der Waals surface area (Å²) in [5.41, 5.74) is -0.677. The van der Waals surface area contributed by atoms with E-state index in [1.807, 2.05) is 0 Å². The number of carboxylic acids is 1. The van der Waals surface area contributed by atoms with Gasteiger partial charge >= 0.3 is 11.7 Å². The minimum absolute atomic E-state index is 0.00337. The molecule has 0 aliphatic heterocycles. The molecule has 0 bridgehead atoms. The highest BCUT2D eigenvalue weighted by atomic mass is 19.1. The zero-order valence-electron chi connectivity index (χ0n) is 11.2. The molecule has 0 radical (unpaired) electrons. The molecule has 0 aliphatic rings. The Hall–Kier alpha value is -2.51. The molecule has 0 saturated heterocycles. The minimum Gasteiger partial charge on any atom is -0.481 e. The molecule has 114 valence electrons. The van der Waals surface area contributed by atoms with Gasteiger partial charge in [0.05, 0.1) is 4.92 Å². The van der Waals surface area contributed by atoms with Crippen LogP contribution in [-0.2, 0) is 4.79 Å². The number of unbranched alkanes of at least 4 members (excludes halogenated alkanes) is 2. The largest absolute Gasteiger partial charge is 0.481 e. The first-order valence-corrected chi connectivity index (χ1v) is 6.35. The fourth-order valence-electron chi connectivity index (χ4n) is 1.68. The smallest absolute Gasteiger partial charge is 0.304 e. The monoisotopic (exact) mass is 298 g/mol. The normalized spacial score (nSPS) is 10.1. The van der Waals surface area contributed by atoms with Crippen LogP contribution in [0.4, 0.5) is 10.1 Å². The molecule has 21 heavy (non-hydrogen) atoms. The fraction of sp³-hybridized carbons (Fsp3) is 0.385. The van der Waals surface area contributed by atoms with Crippen LogP contribution in [0.2, 0.25) is 0 Å². The summed E-state index contributed by atoms with van der Waals surface area (Å²) in [7, 11) is 0. The summed E-state index contributed by atoms with van der Waals surface area (Å²) in [5, 5.41) is 21.4. The van der Waals surface area contributed by atoms with Gasteiger partial charge in [-0.05, 0) is 25.0 Å². The van der Waals surface area contributed by atoms with E-state index in [-0.39, 0.29) is 12.0 Å². The van der Waals surface area contributed by atoms with Gasteiger partial charge in [0, 0.05) is 24.6 Å². The molecule has 0 unspecified atom stereocenters. The number of aliphatic carboxylic acids is 1. The number of carbonyl (C=O) groups excluding carboxylic acids is 1. The third-order valence-corrected chi connectivity index (χ3v) is 2.76. The number of hydrogen-bond donors (Lipinski definition) is 2. The van der Waals surface area contributed by atoms with Crippen molar-refractivity contribution in [3.63, 3.8) is 0 Å². The maximum atomic E-state index is 13.3. The summed E-state index contributed by atoms with van der Waals surface area (Å²) in [6.07, 6.45) is 1.87. The molecular weight excluding hydrogens is 283 g/mol. The van der Waals surface area contributed by atoms with Crippen LogP contribution in [-0.4, -0.2) is 28.5 Å². The molecule has 1 rings (SSSR count). The highest BCUT2D eigenvalue weighted by molar-refractivity contribution is 5.94. The van der Waals surface area contributed by atoms with Gasteiger partial charge in [-0.3, -0.25) is 19.7 Å². The van der Waals surface area contributed by atoms with Crippen molar-refractivity contribution in [3.8, 4) is 0 Å². The quantitative estimate of drug-likeness (QED) is 0.434. The van der Waals surface area contributed by atoms with Crippen LogP contribution < -0.4 is 5.32 Å². The van der Waals surface area contributed by atoms with E-state index in [2.05, 4.69) is 5.32 Å². The molecule has 1 amide bonds. The van der Waals surface area contributed by atoms with Gasteiger partial charge in [0.1, 0.15) is 0 Å². The molecule has 1 aromatic carbocycles. The molecule has 0 aliphatic carbocycles. The Labute approximate surface area is 119 Å². The number of halogens is 1. The number of nitro benzene ring substituents is 1. The number of carbonyl (C=O) groups is 2. The molecule has 0 aromatic heterocycles. The summed E-state index contributed by atoms with van der Waals surface area (Å²) in [4.78, 5) is 31.5. The standard InChI is InChI=1S/C13H15FN2O5/c14-10-8-9(5-6-11(10)16(20)21)13(19)15-7-3-1-2-4-12(17)18/h5-6,8H,1-4,7H2,(H,15,19)(H,17,18). The molecule has 0 atom stereocenters. The zero-order chi connectivity index (χ0) is 15.8. The van der Waals surface area contributed by atoms with Crippen LogP contribution >= 0.6 is 0 Å². The van der Waals surface area contributed by atoms with Crippen LogP contribution in [0.15, 0.2) is 18.2 Å². The lowest BCUT2D eigenvalue weighted by molar-refractivity contribution is -0.387. The van der Waals surface area contributed by atoms with E-state index in [4.69, 9.17) is 5.11 Å². The number of nitrogens with one attached hydrogen (secondary N) is 1. The van der Waals surface area contributed by atoms with Crippen molar-refractivity contribution in [2.24, 2.45) is 0 Å². The second-order valence-electron chi connectivity index (χ2n) is 4.38. The topological polar surface area (TPSA) is 110 Å². The van der Waals surface area contributed by atoms with Gasteiger partial charge in [0.15, 0.2) is 0 Å². The number of amides is 1. The van der Waals surface area contributed by atoms with E-state index < -0.39 is 28.3 Å². The molecular formula is C13H15FN2O5. The third kappa shape index (κ3) is 5.55. The average Bonchev–Trinajstić information content (AvgIpc) is 2.41. The van der Waals surface area contributed by atoms with E-state index >= 15 is 0 Å². The van der Waals surface area contributed by atoms with Crippen molar-refractivity contribution in [1.29, 1.82) is 0 Å². The zero-order valence-corrected chi connectivity index (χ0v) is 11.2. The van der Waals surface area contributed by atoms with Crippen LogP contribution in [0.1, 0.15) is 36.0 Å². The van der Waals surface area contributed by atoms with Crippen LogP contribution in [0.3, 0.4) is 0 Å². The Balaban J connectivity index is 2.40. The average molecular weight is 298 g/mol. The van der Waals surface area contributed by atoms with Crippen LogP contribution in [0, 0.1) is 15.9 Å². The van der Waals surface area contributed by atoms with Crippen molar-refractivity contribution >= 4 is 17.6 Å². The SMILES string of the molecule is O=C(O)CCCCCNC(=O)c1ccc([N+](=O)[O-])c(F)c1. The van der Waals surface area contributed by atoms with E-state index in [9.17, 15) is 24.1 Å². The number of nitro groups is 1. The van der Waals surface area contributed by atoms with Crippen molar-refractivity contribution < 1.29 is 24.0 Å². The molecule has 0 heterocycles. The van der Waals surface area contributed by atoms with Gasteiger partial charge in [-0.15, -0.1) is 0 Å². The Morgan fingerprint density at radius 3 is 2.57 bits per heavy atom. The molecule has 0 fully saturated rings. The van der Waals surface area contributed by atoms with Gasteiger partial charge in [-0.25, -0.2) is 0 Å². The number of benzene rings is 1. The fourth-order valence-corrected chi connectivity index (χ4v) is 1.68. The second kappa shape index (κ2) is 7.93. The second-order valence-corrected chi connectivity index (χ2v) is 4.38. The van der Waals surface area contributed by atoms with Gasteiger partial charge in [-0.1, -0.05) is 6.42 Å². The summed E-state index contributed by atoms with van der Waals surface area (Å²) in [6.45, 7) is 0.330. The van der Waals surface area contributed by atoms with E-state index in [0.717, 1.165) is 12.1 Å². The lowest BCUT2D eigenvalue weighted by Gasteiger charge is -2.05. The highest BCUT2D eigenvalue weighted by Crippen LogP contribution is 2.17. The first-order valence-electron chi connectivity index (χ1n) is 6.35. The predicted octanol–water partition coefficient (Wildman–Crippen LogP) is 2.11. The number of rotatable bonds is 8. The molecule has 1 aromatic rings. The Bertz CT molecular complexity index is 547.